The normalized spacial score (nSPS) is 15.5. The van der Waals surface area contributed by atoms with Gasteiger partial charge >= 0.3 is 0 Å². The number of nitrogens with zero attached hydrogens (tertiary/aromatic N) is 1. The molecule has 0 N–H and O–H groups in total. The smallest absolute Gasteiger partial charge is 0.0642 e. The number of benzene rings is 2. The van der Waals surface area contributed by atoms with Crippen LogP contribution in [0.2, 0.25) is 0 Å². The number of anilines is 1. The molecule has 0 spiro atoms. The highest BCUT2D eigenvalue weighted by molar-refractivity contribution is 9.10. The summed E-state index contributed by atoms with van der Waals surface area (Å²) in [6.07, 6.45) is 0. The number of hydrogen-bond donors (Lipinski definition) is 0. The average molecular weight is 318 g/mol. The minimum atomic E-state index is 0.801. The van der Waals surface area contributed by atoms with Gasteiger partial charge in [0.15, 0.2) is 0 Å². The Balaban J connectivity index is 2.07. The summed E-state index contributed by atoms with van der Waals surface area (Å²) in [5.41, 5.74) is 3.80. The third-order valence-corrected chi connectivity index (χ3v) is 4.04. The van der Waals surface area contributed by atoms with Gasteiger partial charge in [0.2, 0.25) is 0 Å². The molecule has 98 valence electrons. The summed E-state index contributed by atoms with van der Waals surface area (Å²) in [6, 6.07) is 16.9. The van der Waals surface area contributed by atoms with Crippen molar-refractivity contribution >= 4 is 21.6 Å². The molecule has 1 heterocycles. The van der Waals surface area contributed by atoms with E-state index < -0.39 is 0 Å². The van der Waals surface area contributed by atoms with E-state index in [4.69, 9.17) is 4.74 Å². The first-order valence-electron chi connectivity index (χ1n) is 6.53. The number of hydrogen-bond acceptors (Lipinski definition) is 2. The van der Waals surface area contributed by atoms with Crippen LogP contribution in [0, 0.1) is 0 Å². The van der Waals surface area contributed by atoms with Gasteiger partial charge in [-0.2, -0.15) is 0 Å². The third-order valence-electron chi connectivity index (χ3n) is 3.40. The molecule has 3 heteroatoms. The molecule has 19 heavy (non-hydrogen) atoms. The van der Waals surface area contributed by atoms with Crippen molar-refractivity contribution in [3.05, 3.63) is 53.0 Å². The Bertz CT molecular complexity index is 550. The maximum Gasteiger partial charge on any atom is 0.0642 e. The fourth-order valence-electron chi connectivity index (χ4n) is 2.47. The van der Waals surface area contributed by atoms with Crippen molar-refractivity contribution in [3.8, 4) is 11.1 Å². The number of halogens is 1. The predicted molar refractivity (Wildman–Crippen MR) is 82.6 cm³/mol. The molecule has 1 saturated heterocycles. The van der Waals surface area contributed by atoms with Gasteiger partial charge in [-0.3, -0.25) is 0 Å². The van der Waals surface area contributed by atoms with Gasteiger partial charge in [0.25, 0.3) is 0 Å². The lowest BCUT2D eigenvalue weighted by Crippen LogP contribution is -2.36. The minimum Gasteiger partial charge on any atom is -0.378 e. The van der Waals surface area contributed by atoms with Crippen LogP contribution in [0.5, 0.6) is 0 Å². The second-order valence-corrected chi connectivity index (χ2v) is 5.46. The van der Waals surface area contributed by atoms with Gasteiger partial charge in [-0.05, 0) is 27.6 Å². The largest absolute Gasteiger partial charge is 0.378 e. The molecule has 0 unspecified atom stereocenters. The van der Waals surface area contributed by atoms with E-state index in [1.54, 1.807) is 0 Å². The molecule has 0 atom stereocenters. The summed E-state index contributed by atoms with van der Waals surface area (Å²) in [6.45, 7) is 3.50. The van der Waals surface area contributed by atoms with Crippen LogP contribution in [0.1, 0.15) is 0 Å². The molecule has 1 aliphatic heterocycles. The lowest BCUT2D eigenvalue weighted by Gasteiger charge is -2.31. The fourth-order valence-corrected chi connectivity index (χ4v) is 3.09. The Hall–Kier alpha value is -1.32. The van der Waals surface area contributed by atoms with Gasteiger partial charge in [0, 0.05) is 23.1 Å². The Morgan fingerprint density at radius 1 is 0.895 bits per heavy atom. The highest BCUT2D eigenvalue weighted by atomic mass is 79.9. The predicted octanol–water partition coefficient (Wildman–Crippen LogP) is 3.95. The Labute approximate surface area is 122 Å². The molecule has 0 radical (unpaired) electrons. The van der Waals surface area contributed by atoms with Gasteiger partial charge in [0.05, 0.1) is 18.9 Å². The van der Waals surface area contributed by atoms with Gasteiger partial charge in [-0.1, -0.05) is 42.5 Å². The summed E-state index contributed by atoms with van der Waals surface area (Å²) in [5, 5.41) is 0. The Morgan fingerprint density at radius 2 is 1.63 bits per heavy atom. The van der Waals surface area contributed by atoms with Crippen LogP contribution >= 0.6 is 15.9 Å². The third kappa shape index (κ3) is 2.67. The van der Waals surface area contributed by atoms with Crippen molar-refractivity contribution in [1.29, 1.82) is 0 Å². The zero-order valence-corrected chi connectivity index (χ0v) is 12.3. The molecule has 0 bridgehead atoms. The summed E-state index contributed by atoms with van der Waals surface area (Å²) < 4.78 is 6.60. The molecule has 2 aromatic carbocycles. The monoisotopic (exact) mass is 317 g/mol. The fraction of sp³-hybridized carbons (Fsp3) is 0.250. The van der Waals surface area contributed by atoms with Crippen molar-refractivity contribution in [2.45, 2.75) is 0 Å². The van der Waals surface area contributed by atoms with Crippen molar-refractivity contribution in [1.82, 2.24) is 0 Å². The van der Waals surface area contributed by atoms with E-state index in [0.29, 0.717) is 0 Å². The molecule has 1 fully saturated rings. The van der Waals surface area contributed by atoms with E-state index in [0.717, 1.165) is 30.8 Å². The molecule has 0 amide bonds. The van der Waals surface area contributed by atoms with Crippen molar-refractivity contribution in [3.63, 3.8) is 0 Å². The second kappa shape index (κ2) is 5.76. The summed E-state index contributed by atoms with van der Waals surface area (Å²) in [5.74, 6) is 0. The van der Waals surface area contributed by atoms with E-state index in [1.807, 2.05) is 0 Å². The summed E-state index contributed by atoms with van der Waals surface area (Å²) in [4.78, 5) is 2.40. The molecular weight excluding hydrogens is 302 g/mol. The molecule has 0 aliphatic carbocycles. The van der Waals surface area contributed by atoms with E-state index in [2.05, 4.69) is 69.4 Å². The number of ether oxygens (including phenoxy) is 1. The van der Waals surface area contributed by atoms with E-state index in [-0.39, 0.29) is 0 Å². The van der Waals surface area contributed by atoms with Crippen LogP contribution in [-0.4, -0.2) is 26.3 Å². The van der Waals surface area contributed by atoms with Crippen molar-refractivity contribution < 1.29 is 4.74 Å². The van der Waals surface area contributed by atoms with E-state index in [1.165, 1.54) is 16.8 Å². The van der Waals surface area contributed by atoms with Crippen LogP contribution in [0.15, 0.2) is 53.0 Å². The Morgan fingerprint density at radius 3 is 2.37 bits per heavy atom. The maximum atomic E-state index is 5.45. The van der Waals surface area contributed by atoms with Gasteiger partial charge in [-0.15, -0.1) is 0 Å². The maximum absolute atomic E-state index is 5.45. The first-order valence-corrected chi connectivity index (χ1v) is 7.32. The highest BCUT2D eigenvalue weighted by Crippen LogP contribution is 2.37. The van der Waals surface area contributed by atoms with Crippen LogP contribution in [0.25, 0.3) is 11.1 Å². The van der Waals surface area contributed by atoms with E-state index >= 15 is 0 Å². The van der Waals surface area contributed by atoms with Crippen LogP contribution < -0.4 is 4.90 Å². The quantitative estimate of drug-likeness (QED) is 0.831. The second-order valence-electron chi connectivity index (χ2n) is 4.60. The number of morpholine rings is 1. The van der Waals surface area contributed by atoms with Gasteiger partial charge in [0.1, 0.15) is 0 Å². The first kappa shape index (κ1) is 12.7. The lowest BCUT2D eigenvalue weighted by molar-refractivity contribution is 0.122. The molecule has 1 aliphatic rings. The average Bonchev–Trinajstić information content (AvgIpc) is 2.49. The molecule has 0 saturated carbocycles. The lowest BCUT2D eigenvalue weighted by atomic mass is 10.0. The SMILES string of the molecule is Brc1cccc(-c2ccccc2)c1N1CCOCC1. The zero-order valence-electron chi connectivity index (χ0n) is 10.7. The van der Waals surface area contributed by atoms with Crippen LogP contribution in [-0.2, 0) is 4.74 Å². The first-order chi connectivity index (χ1) is 9.36. The van der Waals surface area contributed by atoms with Crippen molar-refractivity contribution in [2.24, 2.45) is 0 Å². The highest BCUT2D eigenvalue weighted by Gasteiger charge is 2.18. The summed E-state index contributed by atoms with van der Waals surface area (Å²) >= 11 is 3.70. The van der Waals surface area contributed by atoms with Gasteiger partial charge in [-0.25, -0.2) is 0 Å². The molecule has 3 rings (SSSR count). The van der Waals surface area contributed by atoms with E-state index in [9.17, 15) is 0 Å². The topological polar surface area (TPSA) is 12.5 Å². The minimum absolute atomic E-state index is 0.801. The summed E-state index contributed by atoms with van der Waals surface area (Å²) in [7, 11) is 0. The standard InChI is InChI=1S/C16H16BrNO/c17-15-8-4-7-14(13-5-2-1-3-6-13)16(15)18-9-11-19-12-10-18/h1-8H,9-12H2. The Kier molecular flexibility index (Phi) is 3.85. The van der Waals surface area contributed by atoms with Gasteiger partial charge < -0.3 is 9.64 Å². The molecule has 0 aromatic heterocycles. The molecular formula is C16H16BrNO. The number of rotatable bonds is 2. The molecule has 2 aromatic rings. The zero-order chi connectivity index (χ0) is 13.1. The van der Waals surface area contributed by atoms with Crippen LogP contribution in [0.4, 0.5) is 5.69 Å². The van der Waals surface area contributed by atoms with Crippen molar-refractivity contribution in [2.75, 3.05) is 31.2 Å². The van der Waals surface area contributed by atoms with Crippen LogP contribution in [0.3, 0.4) is 0 Å². The number of para-hydroxylation sites is 1. The molecule has 2 nitrogen and oxygen atoms in total.